The zero-order chi connectivity index (χ0) is 16.2. The van der Waals surface area contributed by atoms with Crippen molar-refractivity contribution in [2.24, 2.45) is 0 Å². The van der Waals surface area contributed by atoms with Gasteiger partial charge in [0.25, 0.3) is 0 Å². The predicted molar refractivity (Wildman–Crippen MR) is 69.5 cm³/mol. The third-order valence-corrected chi connectivity index (χ3v) is 4.28. The molecule has 1 rings (SSSR count). The molecule has 0 aliphatic rings. The molecular formula is C11H13FN2O6S. The maximum absolute atomic E-state index is 13.5. The molecule has 21 heavy (non-hydrogen) atoms. The van der Waals surface area contributed by atoms with Gasteiger partial charge in [0.15, 0.2) is 0 Å². The van der Waals surface area contributed by atoms with Crippen LogP contribution in [0.1, 0.15) is 6.92 Å². The van der Waals surface area contributed by atoms with Crippen LogP contribution < -0.4 is 0 Å². The molecule has 1 aromatic rings. The van der Waals surface area contributed by atoms with Gasteiger partial charge in [-0.1, -0.05) is 0 Å². The van der Waals surface area contributed by atoms with E-state index >= 15 is 0 Å². The van der Waals surface area contributed by atoms with Gasteiger partial charge in [-0.3, -0.25) is 14.9 Å². The second-order valence-corrected chi connectivity index (χ2v) is 5.98. The van der Waals surface area contributed by atoms with Crippen molar-refractivity contribution in [1.29, 1.82) is 0 Å². The minimum atomic E-state index is -4.15. The number of nitrogens with zero attached hydrogens (tertiary/aromatic N) is 2. The van der Waals surface area contributed by atoms with Gasteiger partial charge in [-0.25, -0.2) is 8.42 Å². The van der Waals surface area contributed by atoms with Crippen molar-refractivity contribution in [3.8, 4) is 0 Å². The Morgan fingerprint density at radius 1 is 1.48 bits per heavy atom. The number of sulfonamides is 1. The van der Waals surface area contributed by atoms with Crippen molar-refractivity contribution in [3.63, 3.8) is 0 Å². The number of halogens is 1. The fourth-order valence-electron chi connectivity index (χ4n) is 1.45. The summed E-state index contributed by atoms with van der Waals surface area (Å²) in [4.78, 5) is 20.3. The summed E-state index contributed by atoms with van der Waals surface area (Å²) in [6.07, 6.45) is 0. The van der Waals surface area contributed by atoms with Crippen LogP contribution in [-0.2, 0) is 19.6 Å². The Bertz CT molecular complexity index is 661. The molecule has 1 aromatic carbocycles. The smallest absolute Gasteiger partial charge is 0.321 e. The highest BCUT2D eigenvalue weighted by Crippen LogP contribution is 2.22. The molecule has 0 N–H and O–H groups in total. The molecule has 0 aromatic heterocycles. The van der Waals surface area contributed by atoms with Crippen molar-refractivity contribution in [2.75, 3.05) is 20.2 Å². The Morgan fingerprint density at radius 3 is 2.57 bits per heavy atom. The molecule has 0 aliphatic carbocycles. The van der Waals surface area contributed by atoms with Crippen LogP contribution in [0.15, 0.2) is 23.1 Å². The number of hydrogen-bond acceptors (Lipinski definition) is 6. The fraction of sp³-hybridized carbons (Fsp3) is 0.364. The zero-order valence-electron chi connectivity index (χ0n) is 11.3. The van der Waals surface area contributed by atoms with Gasteiger partial charge in [-0.2, -0.15) is 8.70 Å². The lowest BCUT2D eigenvalue weighted by molar-refractivity contribution is -0.387. The highest BCUT2D eigenvalue weighted by molar-refractivity contribution is 7.89. The minimum Gasteiger partial charge on any atom is -0.465 e. The van der Waals surface area contributed by atoms with Crippen LogP contribution in [0.2, 0.25) is 0 Å². The van der Waals surface area contributed by atoms with Crippen molar-refractivity contribution >= 4 is 21.7 Å². The SMILES string of the molecule is CCOC(=O)CN(C)S(=O)(=O)c1ccc([N+](=O)[O-])c(F)c1. The van der Waals surface area contributed by atoms with E-state index in [4.69, 9.17) is 0 Å². The molecule has 10 heteroatoms. The molecule has 0 bridgehead atoms. The summed E-state index contributed by atoms with van der Waals surface area (Å²) in [6.45, 7) is 1.12. The summed E-state index contributed by atoms with van der Waals surface area (Å²) < 4.78 is 42.9. The summed E-state index contributed by atoms with van der Waals surface area (Å²) in [6, 6.07) is 2.19. The van der Waals surface area contributed by atoms with E-state index in [0.717, 1.165) is 19.2 Å². The average Bonchev–Trinajstić information content (AvgIpc) is 2.38. The van der Waals surface area contributed by atoms with Crippen LogP contribution in [0.3, 0.4) is 0 Å². The molecular weight excluding hydrogens is 307 g/mol. The van der Waals surface area contributed by atoms with Crippen molar-refractivity contribution < 1.29 is 27.3 Å². The summed E-state index contributed by atoms with van der Waals surface area (Å²) in [5.41, 5.74) is -0.831. The summed E-state index contributed by atoms with van der Waals surface area (Å²) in [5, 5.41) is 10.5. The molecule has 8 nitrogen and oxygen atoms in total. The number of ether oxygens (including phenoxy) is 1. The Kier molecular flexibility index (Phi) is 5.33. The largest absolute Gasteiger partial charge is 0.465 e. The molecule has 0 saturated carbocycles. The monoisotopic (exact) mass is 320 g/mol. The lowest BCUT2D eigenvalue weighted by atomic mass is 10.3. The van der Waals surface area contributed by atoms with Crippen LogP contribution >= 0.6 is 0 Å². The van der Waals surface area contributed by atoms with Crippen LogP contribution in [0.5, 0.6) is 0 Å². The second kappa shape index (κ2) is 6.59. The summed E-state index contributed by atoms with van der Waals surface area (Å²) >= 11 is 0. The van der Waals surface area contributed by atoms with E-state index in [1.807, 2.05) is 0 Å². The van der Waals surface area contributed by atoms with Crippen molar-refractivity contribution in [3.05, 3.63) is 34.1 Å². The lowest BCUT2D eigenvalue weighted by Gasteiger charge is -2.16. The predicted octanol–water partition coefficient (Wildman–Crippen LogP) is 0.918. The Hall–Kier alpha value is -2.07. The number of benzene rings is 1. The van der Waals surface area contributed by atoms with E-state index in [1.54, 1.807) is 6.92 Å². The molecule has 0 heterocycles. The van der Waals surface area contributed by atoms with Crippen LogP contribution in [-0.4, -0.2) is 43.8 Å². The van der Waals surface area contributed by atoms with Gasteiger partial charge < -0.3 is 4.74 Å². The molecule has 0 spiro atoms. The van der Waals surface area contributed by atoms with E-state index < -0.39 is 43.9 Å². The maximum Gasteiger partial charge on any atom is 0.321 e. The number of nitro benzene ring substituents is 1. The van der Waals surface area contributed by atoms with Crippen LogP contribution in [0.25, 0.3) is 0 Å². The molecule has 116 valence electrons. The summed E-state index contributed by atoms with van der Waals surface area (Å²) in [5.74, 6) is -2.03. The van der Waals surface area contributed by atoms with E-state index in [-0.39, 0.29) is 6.61 Å². The van der Waals surface area contributed by atoms with Crippen LogP contribution in [0, 0.1) is 15.9 Å². The molecule has 0 amide bonds. The van der Waals surface area contributed by atoms with Gasteiger partial charge in [0.2, 0.25) is 15.8 Å². The van der Waals surface area contributed by atoms with E-state index in [0.29, 0.717) is 10.4 Å². The quantitative estimate of drug-likeness (QED) is 0.438. The third-order valence-electron chi connectivity index (χ3n) is 2.48. The maximum atomic E-state index is 13.5. The van der Waals surface area contributed by atoms with Gasteiger partial charge in [0, 0.05) is 19.2 Å². The molecule has 0 radical (unpaired) electrons. The van der Waals surface area contributed by atoms with Crippen molar-refractivity contribution in [1.82, 2.24) is 4.31 Å². The van der Waals surface area contributed by atoms with E-state index in [9.17, 15) is 27.7 Å². The van der Waals surface area contributed by atoms with Gasteiger partial charge in [0.1, 0.15) is 6.54 Å². The standard InChI is InChI=1S/C11H13FN2O6S/c1-3-20-11(15)7-13(2)21(18,19)8-4-5-10(14(16)17)9(12)6-8/h4-6H,3,7H2,1-2H3. The Labute approximate surface area is 120 Å². The molecule has 0 atom stereocenters. The Morgan fingerprint density at radius 2 is 2.10 bits per heavy atom. The number of rotatable bonds is 6. The average molecular weight is 320 g/mol. The Balaban J connectivity index is 3.05. The third kappa shape index (κ3) is 3.95. The highest BCUT2D eigenvalue weighted by Gasteiger charge is 2.26. The van der Waals surface area contributed by atoms with Crippen LogP contribution in [0.4, 0.5) is 10.1 Å². The van der Waals surface area contributed by atoms with E-state index in [1.165, 1.54) is 0 Å². The normalized spacial score (nSPS) is 11.4. The first-order chi connectivity index (χ1) is 9.70. The first-order valence-electron chi connectivity index (χ1n) is 5.76. The van der Waals surface area contributed by atoms with Crippen molar-refractivity contribution in [2.45, 2.75) is 11.8 Å². The number of nitro groups is 1. The lowest BCUT2D eigenvalue weighted by Crippen LogP contribution is -2.33. The highest BCUT2D eigenvalue weighted by atomic mass is 32.2. The fourth-order valence-corrected chi connectivity index (χ4v) is 2.58. The number of likely N-dealkylation sites (N-methyl/N-ethyl adjacent to an activating group) is 1. The van der Waals surface area contributed by atoms with Gasteiger partial charge in [-0.15, -0.1) is 0 Å². The first-order valence-corrected chi connectivity index (χ1v) is 7.20. The molecule has 0 saturated heterocycles. The topological polar surface area (TPSA) is 107 Å². The number of esters is 1. The zero-order valence-corrected chi connectivity index (χ0v) is 12.1. The number of hydrogen-bond donors (Lipinski definition) is 0. The second-order valence-electron chi connectivity index (χ2n) is 3.94. The molecule has 0 aliphatic heterocycles. The number of carbonyl (C=O) groups excluding carboxylic acids is 1. The van der Waals surface area contributed by atoms with Gasteiger partial charge in [-0.05, 0) is 13.0 Å². The van der Waals surface area contributed by atoms with Gasteiger partial charge >= 0.3 is 11.7 Å². The molecule has 0 unspecified atom stereocenters. The summed E-state index contributed by atoms with van der Waals surface area (Å²) in [7, 11) is -3.03. The minimum absolute atomic E-state index is 0.0961. The van der Waals surface area contributed by atoms with E-state index in [2.05, 4.69) is 4.74 Å². The molecule has 0 fully saturated rings. The van der Waals surface area contributed by atoms with Gasteiger partial charge in [0.05, 0.1) is 16.4 Å². The number of carbonyl (C=O) groups is 1. The first kappa shape index (κ1) is 17.0.